The SMILES string of the molecule is O=S(=O)(O)O.OO.[K]. The van der Waals surface area contributed by atoms with Crippen molar-refractivity contribution in [2.75, 3.05) is 0 Å². The second kappa shape index (κ2) is 8.43. The third kappa shape index (κ3) is 151. The molecule has 8 heavy (non-hydrogen) atoms. The molecule has 47 valence electrons. The second-order valence-corrected chi connectivity index (χ2v) is 1.34. The van der Waals surface area contributed by atoms with Crippen molar-refractivity contribution in [2.45, 2.75) is 0 Å². The van der Waals surface area contributed by atoms with Crippen molar-refractivity contribution in [1.29, 1.82) is 0 Å². The summed E-state index contributed by atoms with van der Waals surface area (Å²) in [6.07, 6.45) is 0. The van der Waals surface area contributed by atoms with Gasteiger partial charge in [-0.3, -0.25) is 19.6 Å². The van der Waals surface area contributed by atoms with E-state index in [9.17, 15) is 0 Å². The van der Waals surface area contributed by atoms with Crippen LogP contribution in [0.25, 0.3) is 0 Å². The molecule has 0 saturated heterocycles. The summed E-state index contributed by atoms with van der Waals surface area (Å²) in [4.78, 5) is 0. The van der Waals surface area contributed by atoms with Gasteiger partial charge in [0.25, 0.3) is 0 Å². The Morgan fingerprint density at radius 2 is 1.00 bits per heavy atom. The first-order valence-electron chi connectivity index (χ1n) is 0.898. The van der Waals surface area contributed by atoms with Crippen molar-refractivity contribution in [3.63, 3.8) is 0 Å². The average Bonchev–Trinajstić information content (AvgIpc) is 1.36. The van der Waals surface area contributed by atoms with E-state index in [-0.39, 0.29) is 51.4 Å². The van der Waals surface area contributed by atoms with Gasteiger partial charge in [-0.05, 0) is 0 Å². The van der Waals surface area contributed by atoms with Gasteiger partial charge in [0.1, 0.15) is 0 Å². The Hall–Kier alpha value is 1.43. The van der Waals surface area contributed by atoms with Crippen LogP contribution in [0, 0.1) is 0 Å². The first-order valence-corrected chi connectivity index (χ1v) is 2.30. The zero-order chi connectivity index (χ0) is 6.50. The molecule has 8 heteroatoms. The fourth-order valence-electron chi connectivity index (χ4n) is 0. The molecule has 0 aliphatic heterocycles. The molecule has 0 unspecified atom stereocenters. The minimum Gasteiger partial charge on any atom is -0.264 e. The van der Waals surface area contributed by atoms with Gasteiger partial charge in [-0.25, -0.2) is 0 Å². The molecule has 0 aromatic rings. The van der Waals surface area contributed by atoms with E-state index in [4.69, 9.17) is 28.0 Å². The van der Waals surface area contributed by atoms with Gasteiger partial charge >= 0.3 is 10.4 Å². The van der Waals surface area contributed by atoms with E-state index >= 15 is 0 Å². The summed E-state index contributed by atoms with van der Waals surface area (Å²) in [5.74, 6) is 0. The monoisotopic (exact) mass is 171 g/mol. The minimum atomic E-state index is -4.67. The van der Waals surface area contributed by atoms with Gasteiger partial charge < -0.3 is 0 Å². The summed E-state index contributed by atoms with van der Waals surface area (Å²) in [6.45, 7) is 0. The number of rotatable bonds is 0. The van der Waals surface area contributed by atoms with E-state index in [0.717, 1.165) is 0 Å². The molecule has 0 aliphatic rings. The number of hydrogen-bond donors (Lipinski definition) is 4. The molecule has 1 radical (unpaired) electrons. The van der Waals surface area contributed by atoms with Crippen LogP contribution < -0.4 is 0 Å². The molecule has 0 saturated carbocycles. The van der Waals surface area contributed by atoms with Gasteiger partial charge in [-0.15, -0.1) is 0 Å². The molecule has 0 rings (SSSR count). The van der Waals surface area contributed by atoms with Crippen LogP contribution in [-0.2, 0) is 10.4 Å². The maximum absolute atomic E-state index is 8.74. The minimum absolute atomic E-state index is 0. The fourth-order valence-corrected chi connectivity index (χ4v) is 0. The molecule has 0 aromatic heterocycles. The quantitative estimate of drug-likeness (QED) is 0.160. The molecular formula is H4KO6S. The molecular weight excluding hydrogens is 167 g/mol. The molecule has 0 amide bonds. The Morgan fingerprint density at radius 1 is 1.00 bits per heavy atom. The standard InChI is InChI=1S/K.H2O4S.H2O2/c;1-5(2,3)4;1-2/h;(H2,1,2,3,4);1-2H. The maximum atomic E-state index is 8.74. The van der Waals surface area contributed by atoms with Gasteiger partial charge in [0.2, 0.25) is 0 Å². The van der Waals surface area contributed by atoms with Crippen molar-refractivity contribution in [2.24, 2.45) is 0 Å². The molecule has 4 N–H and O–H groups in total. The first kappa shape index (κ1) is 16.2. The van der Waals surface area contributed by atoms with E-state index in [2.05, 4.69) is 0 Å². The van der Waals surface area contributed by atoms with E-state index in [0.29, 0.717) is 0 Å². The predicted octanol–water partition coefficient (Wildman–Crippen LogP) is -1.02. The van der Waals surface area contributed by atoms with Gasteiger partial charge in [0, 0.05) is 51.4 Å². The van der Waals surface area contributed by atoms with Crippen LogP contribution in [0.3, 0.4) is 0 Å². The van der Waals surface area contributed by atoms with Crippen molar-refractivity contribution in [1.82, 2.24) is 0 Å². The van der Waals surface area contributed by atoms with Crippen LogP contribution in [0.15, 0.2) is 0 Å². The molecule has 0 atom stereocenters. The summed E-state index contributed by atoms with van der Waals surface area (Å²) in [7, 11) is -4.67. The molecule has 0 aromatic carbocycles. The largest absolute Gasteiger partial charge is 0.394 e. The summed E-state index contributed by atoms with van der Waals surface area (Å²) >= 11 is 0. The maximum Gasteiger partial charge on any atom is 0.394 e. The molecule has 0 bridgehead atoms. The Bertz CT molecular complexity index is 91.7. The van der Waals surface area contributed by atoms with E-state index < -0.39 is 10.4 Å². The summed E-state index contributed by atoms with van der Waals surface area (Å²) in [5, 5.41) is 12.0. The van der Waals surface area contributed by atoms with Crippen LogP contribution >= 0.6 is 0 Å². The van der Waals surface area contributed by atoms with E-state index in [1.165, 1.54) is 0 Å². The van der Waals surface area contributed by atoms with E-state index in [1.807, 2.05) is 0 Å². The fraction of sp³-hybridized carbons (Fsp3) is 0. The van der Waals surface area contributed by atoms with Gasteiger partial charge in [0.05, 0.1) is 0 Å². The Kier molecular flexibility index (Phi) is 17.1. The van der Waals surface area contributed by atoms with Crippen molar-refractivity contribution >= 4 is 61.8 Å². The topological polar surface area (TPSA) is 115 Å². The first-order chi connectivity index (χ1) is 3.00. The van der Waals surface area contributed by atoms with Crippen molar-refractivity contribution in [3.05, 3.63) is 0 Å². The summed E-state index contributed by atoms with van der Waals surface area (Å²) < 4.78 is 31.6. The molecule has 0 heterocycles. The van der Waals surface area contributed by atoms with Gasteiger partial charge in [-0.2, -0.15) is 8.42 Å². The molecule has 0 spiro atoms. The van der Waals surface area contributed by atoms with Gasteiger partial charge in [-0.1, -0.05) is 0 Å². The van der Waals surface area contributed by atoms with Crippen LogP contribution in [0.2, 0.25) is 0 Å². The van der Waals surface area contributed by atoms with Crippen molar-refractivity contribution < 1.29 is 28.0 Å². The Morgan fingerprint density at radius 3 is 1.00 bits per heavy atom. The zero-order valence-corrected chi connectivity index (χ0v) is 7.95. The smallest absolute Gasteiger partial charge is 0.264 e. The summed E-state index contributed by atoms with van der Waals surface area (Å²) in [5.41, 5.74) is 0. The average molecular weight is 171 g/mol. The second-order valence-electron chi connectivity index (χ2n) is 0.448. The molecule has 0 fully saturated rings. The van der Waals surface area contributed by atoms with E-state index in [1.54, 1.807) is 0 Å². The van der Waals surface area contributed by atoms with Crippen LogP contribution in [-0.4, -0.2) is 79.4 Å². The Labute approximate surface area is 88.5 Å². The molecule has 6 nitrogen and oxygen atoms in total. The zero-order valence-electron chi connectivity index (χ0n) is 4.01. The van der Waals surface area contributed by atoms with Gasteiger partial charge in [0.15, 0.2) is 0 Å². The van der Waals surface area contributed by atoms with Crippen LogP contribution in [0.4, 0.5) is 0 Å². The molecule has 0 aliphatic carbocycles. The van der Waals surface area contributed by atoms with Crippen molar-refractivity contribution in [3.8, 4) is 0 Å². The third-order valence-electron chi connectivity index (χ3n) is 0. The predicted molar refractivity (Wildman–Crippen MR) is 25.2 cm³/mol. The third-order valence-corrected chi connectivity index (χ3v) is 0. The number of hydrogen-bond acceptors (Lipinski definition) is 4. The summed E-state index contributed by atoms with van der Waals surface area (Å²) in [6, 6.07) is 0. The Balaban J connectivity index is -0.0000000750. The van der Waals surface area contributed by atoms with Crippen LogP contribution in [0.1, 0.15) is 0 Å². The normalized spacial score (nSPS) is 8.00. The van der Waals surface area contributed by atoms with Crippen LogP contribution in [0.5, 0.6) is 0 Å².